The summed E-state index contributed by atoms with van der Waals surface area (Å²) in [6.07, 6.45) is -4.61. The topological polar surface area (TPSA) is 58.8 Å². The Morgan fingerprint density at radius 2 is 1.82 bits per heavy atom. The molecule has 0 unspecified atom stereocenters. The van der Waals surface area contributed by atoms with Crippen molar-refractivity contribution in [2.24, 2.45) is 0 Å². The van der Waals surface area contributed by atoms with Gasteiger partial charge in [0, 0.05) is 38.8 Å². The number of rotatable bonds is 5. The van der Waals surface area contributed by atoms with Crippen molar-refractivity contribution in [1.29, 1.82) is 0 Å². The van der Waals surface area contributed by atoms with E-state index >= 15 is 0 Å². The number of halogens is 3. The number of nitro benzene ring substituents is 1. The zero-order chi connectivity index (χ0) is 20.3. The van der Waals surface area contributed by atoms with Crippen molar-refractivity contribution in [3.05, 3.63) is 63.7 Å². The van der Waals surface area contributed by atoms with Crippen molar-refractivity contribution >= 4 is 11.4 Å². The molecule has 0 aromatic heterocycles. The lowest BCUT2D eigenvalue weighted by molar-refractivity contribution is -0.384. The molecule has 28 heavy (non-hydrogen) atoms. The van der Waals surface area contributed by atoms with Crippen LogP contribution in [0, 0.1) is 10.1 Å². The lowest BCUT2D eigenvalue weighted by Gasteiger charge is -2.36. The molecule has 0 radical (unpaired) electrons. The van der Waals surface area contributed by atoms with Gasteiger partial charge in [0.15, 0.2) is 0 Å². The maximum absolute atomic E-state index is 12.9. The summed E-state index contributed by atoms with van der Waals surface area (Å²) >= 11 is 0. The number of benzene rings is 2. The molecular formula is C19H20F3N3O3. The third-order valence-electron chi connectivity index (χ3n) is 4.75. The van der Waals surface area contributed by atoms with E-state index in [0.29, 0.717) is 38.8 Å². The van der Waals surface area contributed by atoms with E-state index in [1.807, 2.05) is 24.3 Å². The first-order valence-electron chi connectivity index (χ1n) is 8.74. The average molecular weight is 395 g/mol. The molecule has 1 fully saturated rings. The molecule has 1 aliphatic rings. The van der Waals surface area contributed by atoms with Gasteiger partial charge in [-0.1, -0.05) is 12.1 Å². The fourth-order valence-corrected chi connectivity index (χ4v) is 3.29. The van der Waals surface area contributed by atoms with Gasteiger partial charge in [-0.3, -0.25) is 15.0 Å². The second-order valence-corrected chi connectivity index (χ2v) is 6.57. The number of methoxy groups -OCH3 is 1. The van der Waals surface area contributed by atoms with Crippen molar-refractivity contribution in [3.8, 4) is 5.75 Å². The van der Waals surface area contributed by atoms with Crippen molar-refractivity contribution in [2.45, 2.75) is 12.7 Å². The van der Waals surface area contributed by atoms with Crippen molar-refractivity contribution in [1.82, 2.24) is 4.90 Å². The number of ether oxygens (including phenoxy) is 1. The van der Waals surface area contributed by atoms with Crippen LogP contribution in [0.5, 0.6) is 5.75 Å². The van der Waals surface area contributed by atoms with Crippen LogP contribution < -0.4 is 9.64 Å². The standard InChI is InChI=1S/C19H20F3N3O3/c1-28-16-4-2-3-14(11-16)13-23-7-9-24(10-8-23)17-6-5-15(19(20,21)22)12-18(17)25(26)27/h2-6,11-12H,7-10,13H2,1H3. The minimum Gasteiger partial charge on any atom is -0.497 e. The van der Waals surface area contributed by atoms with E-state index in [1.165, 1.54) is 6.07 Å². The Hall–Kier alpha value is -2.81. The summed E-state index contributed by atoms with van der Waals surface area (Å²) < 4.78 is 43.8. The highest BCUT2D eigenvalue weighted by atomic mass is 19.4. The largest absolute Gasteiger partial charge is 0.497 e. The SMILES string of the molecule is COc1cccc(CN2CCN(c3ccc(C(F)(F)F)cc3[N+](=O)[O-])CC2)c1. The second kappa shape index (κ2) is 8.05. The maximum atomic E-state index is 12.9. The van der Waals surface area contributed by atoms with Gasteiger partial charge in [-0.2, -0.15) is 13.2 Å². The molecule has 150 valence electrons. The molecule has 9 heteroatoms. The molecule has 0 bridgehead atoms. The second-order valence-electron chi connectivity index (χ2n) is 6.57. The first-order chi connectivity index (χ1) is 13.3. The zero-order valence-electron chi connectivity index (χ0n) is 15.3. The molecular weight excluding hydrogens is 375 g/mol. The van der Waals surface area contributed by atoms with Crippen LogP contribution in [-0.4, -0.2) is 43.1 Å². The van der Waals surface area contributed by atoms with Crippen LogP contribution in [0.1, 0.15) is 11.1 Å². The average Bonchev–Trinajstić information content (AvgIpc) is 2.67. The van der Waals surface area contributed by atoms with Gasteiger partial charge >= 0.3 is 6.18 Å². The molecule has 0 atom stereocenters. The molecule has 2 aromatic carbocycles. The summed E-state index contributed by atoms with van der Waals surface area (Å²) in [5.41, 5.74) is -0.219. The van der Waals surface area contributed by atoms with Crippen LogP contribution in [0.4, 0.5) is 24.5 Å². The molecule has 0 saturated carbocycles. The van der Waals surface area contributed by atoms with Crippen molar-refractivity contribution in [2.75, 3.05) is 38.2 Å². The lowest BCUT2D eigenvalue weighted by Crippen LogP contribution is -2.46. The van der Waals surface area contributed by atoms with E-state index in [9.17, 15) is 23.3 Å². The fourth-order valence-electron chi connectivity index (χ4n) is 3.29. The maximum Gasteiger partial charge on any atom is 0.416 e. The Morgan fingerprint density at radius 3 is 2.43 bits per heavy atom. The number of piperazine rings is 1. The van der Waals surface area contributed by atoms with Crippen molar-refractivity contribution < 1.29 is 22.8 Å². The summed E-state index contributed by atoms with van der Waals surface area (Å²) in [6, 6.07) is 10.4. The predicted octanol–water partition coefficient (Wildman–Crippen LogP) is 3.94. The van der Waals surface area contributed by atoms with Gasteiger partial charge in [0.05, 0.1) is 17.6 Å². The van der Waals surface area contributed by atoms with E-state index in [0.717, 1.165) is 17.4 Å². The van der Waals surface area contributed by atoms with Crippen LogP contribution in [-0.2, 0) is 12.7 Å². The van der Waals surface area contributed by atoms with Gasteiger partial charge in [0.25, 0.3) is 5.69 Å². The highest BCUT2D eigenvalue weighted by Crippen LogP contribution is 2.36. The van der Waals surface area contributed by atoms with Crippen molar-refractivity contribution in [3.63, 3.8) is 0 Å². The smallest absolute Gasteiger partial charge is 0.416 e. The minimum atomic E-state index is -4.61. The fraction of sp³-hybridized carbons (Fsp3) is 0.368. The van der Waals surface area contributed by atoms with E-state index in [2.05, 4.69) is 4.90 Å². The van der Waals surface area contributed by atoms with E-state index < -0.39 is 22.4 Å². The Kier molecular flexibility index (Phi) is 5.73. The Labute approximate surface area is 160 Å². The molecule has 3 rings (SSSR count). The summed E-state index contributed by atoms with van der Waals surface area (Å²) in [4.78, 5) is 14.5. The quantitative estimate of drug-likeness (QED) is 0.567. The van der Waals surface area contributed by atoms with Gasteiger partial charge < -0.3 is 9.64 Å². The Bertz CT molecular complexity index is 850. The summed E-state index contributed by atoms with van der Waals surface area (Å²) in [6.45, 7) is 3.00. The van der Waals surface area contributed by atoms with Crippen LogP contribution >= 0.6 is 0 Å². The summed E-state index contributed by atoms with van der Waals surface area (Å²) in [5, 5.41) is 11.3. The highest BCUT2D eigenvalue weighted by Gasteiger charge is 2.34. The number of nitro groups is 1. The van der Waals surface area contributed by atoms with Gasteiger partial charge in [0.2, 0.25) is 0 Å². The molecule has 2 aromatic rings. The monoisotopic (exact) mass is 395 g/mol. The van der Waals surface area contributed by atoms with E-state index in [1.54, 1.807) is 12.0 Å². The number of hydrogen-bond acceptors (Lipinski definition) is 5. The first-order valence-corrected chi connectivity index (χ1v) is 8.74. The molecule has 0 spiro atoms. The normalized spacial score (nSPS) is 15.5. The van der Waals surface area contributed by atoms with Crippen LogP contribution in [0.25, 0.3) is 0 Å². The van der Waals surface area contributed by atoms with Gasteiger partial charge in [-0.05, 0) is 29.8 Å². The third-order valence-corrected chi connectivity index (χ3v) is 4.75. The van der Waals surface area contributed by atoms with Gasteiger partial charge in [-0.25, -0.2) is 0 Å². The number of alkyl halides is 3. The molecule has 0 amide bonds. The molecule has 1 heterocycles. The number of anilines is 1. The lowest BCUT2D eigenvalue weighted by atomic mass is 10.1. The molecule has 0 aliphatic carbocycles. The molecule has 1 aliphatic heterocycles. The van der Waals surface area contributed by atoms with Gasteiger partial charge in [0.1, 0.15) is 11.4 Å². The number of hydrogen-bond donors (Lipinski definition) is 0. The summed E-state index contributed by atoms with van der Waals surface area (Å²) in [5.74, 6) is 0.775. The first kappa shape index (κ1) is 19.9. The predicted molar refractivity (Wildman–Crippen MR) is 98.6 cm³/mol. The van der Waals surface area contributed by atoms with Crippen LogP contribution in [0.15, 0.2) is 42.5 Å². The van der Waals surface area contributed by atoms with E-state index in [-0.39, 0.29) is 5.69 Å². The summed E-state index contributed by atoms with van der Waals surface area (Å²) in [7, 11) is 1.61. The minimum absolute atomic E-state index is 0.221. The number of nitrogens with zero attached hydrogens (tertiary/aromatic N) is 3. The van der Waals surface area contributed by atoms with Crippen LogP contribution in [0.3, 0.4) is 0 Å². The molecule has 6 nitrogen and oxygen atoms in total. The molecule has 0 N–H and O–H groups in total. The van der Waals surface area contributed by atoms with Gasteiger partial charge in [-0.15, -0.1) is 0 Å². The van der Waals surface area contributed by atoms with Crippen LogP contribution in [0.2, 0.25) is 0 Å². The highest BCUT2D eigenvalue weighted by molar-refractivity contribution is 5.65. The Balaban J connectivity index is 1.69. The third kappa shape index (κ3) is 4.53. The van der Waals surface area contributed by atoms with E-state index in [4.69, 9.17) is 4.74 Å². The Morgan fingerprint density at radius 1 is 1.11 bits per heavy atom. The zero-order valence-corrected chi connectivity index (χ0v) is 15.3. The molecule has 1 saturated heterocycles.